The van der Waals surface area contributed by atoms with Gasteiger partial charge in [0.2, 0.25) is 0 Å². The van der Waals surface area contributed by atoms with Gasteiger partial charge >= 0.3 is 11.9 Å². The van der Waals surface area contributed by atoms with Gasteiger partial charge in [0.25, 0.3) is 0 Å². The fraction of sp³-hybridized carbons (Fsp3) is 0.575. The fourth-order valence-electron chi connectivity index (χ4n) is 8.89. The quantitative estimate of drug-likeness (QED) is 0.105. The third-order valence-electron chi connectivity index (χ3n) is 11.8. The van der Waals surface area contributed by atoms with Crippen LogP contribution in [0.2, 0.25) is 5.02 Å². The van der Waals surface area contributed by atoms with Crippen molar-refractivity contribution in [3.63, 3.8) is 0 Å². The van der Waals surface area contributed by atoms with Crippen LogP contribution in [-0.4, -0.2) is 68.7 Å². The highest BCUT2D eigenvalue weighted by atomic mass is 35.5. The monoisotopic (exact) mass is 737 g/mol. The van der Waals surface area contributed by atoms with Crippen LogP contribution >= 0.6 is 11.6 Å². The second kappa shape index (κ2) is 15.9. The number of nitrogens with zero attached hydrogens (tertiary/aromatic N) is 2. The van der Waals surface area contributed by atoms with E-state index in [2.05, 4.69) is 42.9 Å². The second-order valence-corrected chi connectivity index (χ2v) is 15.5. The number of halogens is 1. The third-order valence-corrected chi connectivity index (χ3v) is 12.0. The van der Waals surface area contributed by atoms with E-state index >= 15 is 0 Å². The number of hydrogen-bond acceptors (Lipinski definition) is 10. The number of carboxylic acids is 1. The number of aromatic nitrogens is 1. The van der Waals surface area contributed by atoms with Crippen molar-refractivity contribution in [2.24, 2.45) is 23.7 Å². The van der Waals surface area contributed by atoms with Gasteiger partial charge in [-0.15, -0.1) is 0 Å². The molecule has 52 heavy (non-hydrogen) atoms. The number of carboxylic acid groups (broad SMARTS) is 1. The van der Waals surface area contributed by atoms with Crippen LogP contribution < -0.4 is 5.32 Å². The first-order valence-electron chi connectivity index (χ1n) is 18.7. The van der Waals surface area contributed by atoms with Crippen LogP contribution in [0, 0.1) is 23.7 Å². The molecular weight excluding hydrogens is 686 g/mol. The highest BCUT2D eigenvalue weighted by Gasteiger charge is 2.68. The van der Waals surface area contributed by atoms with Crippen LogP contribution in [0.5, 0.6) is 5.75 Å². The predicted molar refractivity (Wildman–Crippen MR) is 198 cm³/mol. The summed E-state index contributed by atoms with van der Waals surface area (Å²) in [4.78, 5) is 41.5. The number of carbonyl (C=O) groups excluding carboxylic acids is 1. The van der Waals surface area contributed by atoms with E-state index in [-0.39, 0.29) is 36.9 Å². The lowest BCUT2D eigenvalue weighted by atomic mass is 9.53. The Morgan fingerprint density at radius 3 is 2.58 bits per heavy atom. The number of rotatable bonds is 10. The molecule has 1 aromatic heterocycles. The Morgan fingerprint density at radius 2 is 1.83 bits per heavy atom. The Morgan fingerprint density at radius 1 is 1.04 bits per heavy atom. The largest absolute Gasteiger partial charge is 0.508 e. The first-order chi connectivity index (χ1) is 24.9. The van der Waals surface area contributed by atoms with Gasteiger partial charge in [-0.2, -0.15) is 0 Å². The lowest BCUT2D eigenvalue weighted by Crippen LogP contribution is -2.69. The number of hydrogen-bond donors (Lipinski definition) is 3. The maximum atomic E-state index is 12.2. The van der Waals surface area contributed by atoms with E-state index < -0.39 is 23.3 Å². The molecule has 12 heteroatoms. The second-order valence-electron chi connectivity index (χ2n) is 15.0. The number of carbonyl (C=O) groups is 2. The maximum Gasteiger partial charge on any atom is 0.306 e. The summed E-state index contributed by atoms with van der Waals surface area (Å²) >= 11 is 6.05. The van der Waals surface area contributed by atoms with Crippen LogP contribution in [0.25, 0.3) is 10.9 Å². The van der Waals surface area contributed by atoms with Crippen molar-refractivity contribution in [1.29, 1.82) is 0 Å². The fourth-order valence-corrected chi connectivity index (χ4v) is 9.06. The summed E-state index contributed by atoms with van der Waals surface area (Å²) in [5.41, 5.74) is 3.18. The van der Waals surface area contributed by atoms with Crippen LogP contribution in [-0.2, 0) is 35.4 Å². The summed E-state index contributed by atoms with van der Waals surface area (Å²) < 4.78 is 12.1. The van der Waals surface area contributed by atoms with E-state index in [0.717, 1.165) is 73.2 Å². The molecule has 11 nitrogen and oxygen atoms in total. The summed E-state index contributed by atoms with van der Waals surface area (Å²) in [5.74, 6) is -0.658. The zero-order chi connectivity index (χ0) is 37.2. The molecule has 0 radical (unpaired) electrons. The van der Waals surface area contributed by atoms with E-state index in [9.17, 15) is 14.7 Å². The zero-order valence-corrected chi connectivity index (χ0v) is 31.5. The van der Waals surface area contributed by atoms with Gasteiger partial charge in [0, 0.05) is 58.8 Å². The van der Waals surface area contributed by atoms with Crippen molar-refractivity contribution >= 4 is 45.8 Å². The number of anilines is 2. The Kier molecular flexibility index (Phi) is 11.7. The van der Waals surface area contributed by atoms with Crippen LogP contribution in [0.1, 0.15) is 85.1 Å². The minimum Gasteiger partial charge on any atom is -0.508 e. The minimum atomic E-state index is -0.991. The molecule has 0 amide bonds. The number of phenols is 1. The molecule has 3 aromatic rings. The Hall–Kier alpha value is -3.48. The summed E-state index contributed by atoms with van der Waals surface area (Å²) in [6, 6.07) is 13.2. The molecule has 8 rings (SSSR count). The topological polar surface area (TPSA) is 140 Å². The molecular formula is C40H52ClN3O8. The standard InChI is InChI=1S/C20H22ClN3O.C20H30O7/c1-3-24(4-2)13-14-11-16(6-8-20(14)25)23-18-9-10-22-19-12-15(21)5-7-17(18)19;1-11-4-5-14-12(2)15(24-18(23)7-6-17(21)22)10-16-20(14)13(11)8-9-19(3,25-16)26-27-20/h5-12,25H,3-4,13H2,1-2H3,(H,22,23);11-16H,4-10H2,1-3H3,(H,21,22)/t;11-,12-,13+,14+,15-,16+,19-,20-/m.1/s1. The molecule has 3 aliphatic heterocycles. The number of nitrogens with one attached hydrogen (secondary N) is 1. The molecule has 8 atom stereocenters. The van der Waals surface area contributed by atoms with Gasteiger partial charge in [-0.3, -0.25) is 19.5 Å². The molecule has 1 spiro atoms. The summed E-state index contributed by atoms with van der Waals surface area (Å²) in [7, 11) is 0. The number of phenolic OH excluding ortho intramolecular Hbond substituents is 1. The van der Waals surface area contributed by atoms with Gasteiger partial charge in [-0.1, -0.05) is 39.3 Å². The van der Waals surface area contributed by atoms with Gasteiger partial charge in [0.15, 0.2) is 5.79 Å². The molecule has 3 N–H and O–H groups in total. The zero-order valence-electron chi connectivity index (χ0n) is 30.8. The van der Waals surface area contributed by atoms with Gasteiger partial charge in [0.1, 0.15) is 17.5 Å². The van der Waals surface area contributed by atoms with E-state index in [1.807, 2.05) is 43.3 Å². The highest BCUT2D eigenvalue weighted by Crippen LogP contribution is 2.61. The third kappa shape index (κ3) is 7.89. The lowest BCUT2D eigenvalue weighted by Gasteiger charge is -2.60. The Bertz CT molecular complexity index is 1750. The summed E-state index contributed by atoms with van der Waals surface area (Å²) in [6.07, 6.45) is 5.48. The van der Waals surface area contributed by atoms with Crippen LogP contribution in [0.15, 0.2) is 48.7 Å². The molecule has 5 aliphatic rings. The van der Waals surface area contributed by atoms with Crippen molar-refractivity contribution < 1.29 is 39.1 Å². The molecule has 2 aliphatic carbocycles. The van der Waals surface area contributed by atoms with E-state index in [4.69, 9.17) is 36.0 Å². The molecule has 0 unspecified atom stereocenters. The van der Waals surface area contributed by atoms with Crippen molar-refractivity contribution in [2.75, 3.05) is 18.4 Å². The van der Waals surface area contributed by atoms with Crippen LogP contribution in [0.4, 0.5) is 11.4 Å². The first-order valence-corrected chi connectivity index (χ1v) is 19.0. The number of ether oxygens (including phenoxy) is 2. The molecule has 282 valence electrons. The van der Waals surface area contributed by atoms with Crippen molar-refractivity contribution in [2.45, 2.75) is 110 Å². The molecule has 2 saturated carbocycles. The van der Waals surface area contributed by atoms with E-state index in [1.165, 1.54) is 0 Å². The minimum absolute atomic E-state index is 0.100. The Labute approximate surface area is 310 Å². The highest BCUT2D eigenvalue weighted by molar-refractivity contribution is 6.31. The van der Waals surface area contributed by atoms with E-state index in [1.54, 1.807) is 12.3 Å². The number of aromatic hydroxyl groups is 1. The first kappa shape index (κ1) is 38.3. The van der Waals surface area contributed by atoms with Crippen molar-refractivity contribution in [3.8, 4) is 5.75 Å². The lowest BCUT2D eigenvalue weighted by molar-refractivity contribution is -0.540. The smallest absolute Gasteiger partial charge is 0.306 e. The molecule has 5 fully saturated rings. The van der Waals surface area contributed by atoms with Crippen molar-refractivity contribution in [3.05, 3.63) is 59.2 Å². The number of fused-ring (bicyclic) bond motifs is 3. The van der Waals surface area contributed by atoms with Gasteiger partial charge in [-0.25, -0.2) is 9.78 Å². The van der Waals surface area contributed by atoms with Crippen molar-refractivity contribution in [1.82, 2.24) is 9.88 Å². The normalized spacial score (nSPS) is 30.5. The summed E-state index contributed by atoms with van der Waals surface area (Å²) in [5, 5.41) is 24.1. The molecule has 3 saturated heterocycles. The molecule has 4 heterocycles. The van der Waals surface area contributed by atoms with E-state index in [0.29, 0.717) is 29.0 Å². The number of benzene rings is 2. The average molecular weight is 738 g/mol. The maximum absolute atomic E-state index is 12.2. The predicted octanol–water partition coefficient (Wildman–Crippen LogP) is 8.24. The number of pyridine rings is 1. The average Bonchev–Trinajstić information content (AvgIpc) is 3.35. The SMILES string of the molecule is CCN(CC)Cc1cc(Nc2ccnc3cc(Cl)ccc23)ccc1O.C[C@H]1[C@H](OC(=O)CCC(=O)O)C[C@@H]2O[C@@]3(C)CC[C@H]4[C@H](C)CC[C@@H]1[C@@]24OO3. The van der Waals surface area contributed by atoms with Gasteiger partial charge in [0.05, 0.1) is 24.5 Å². The van der Waals surface area contributed by atoms with Gasteiger partial charge < -0.3 is 25.0 Å². The van der Waals surface area contributed by atoms with Crippen LogP contribution in [0.3, 0.4) is 0 Å². The number of esters is 1. The molecule has 2 aromatic carbocycles. The molecule has 2 bridgehead atoms. The van der Waals surface area contributed by atoms with Gasteiger partial charge in [-0.05, 0) is 99.5 Å². The Balaban J connectivity index is 0.000000179. The summed E-state index contributed by atoms with van der Waals surface area (Å²) in [6.45, 7) is 13.2. The number of aliphatic carboxylic acids is 1.